The van der Waals surface area contributed by atoms with Crippen molar-refractivity contribution in [3.63, 3.8) is 0 Å². The zero-order valence-electron chi connectivity index (χ0n) is 35.9. The zero-order chi connectivity index (χ0) is 44.0. The second kappa shape index (κ2) is 14.7. The monoisotopic (exact) mass is 856 g/mol. The summed E-state index contributed by atoms with van der Waals surface area (Å²) in [4.78, 5) is 15.9. The van der Waals surface area contributed by atoms with Gasteiger partial charge in [0.05, 0.1) is 11.0 Å². The van der Waals surface area contributed by atoms with Crippen molar-refractivity contribution in [3.05, 3.63) is 218 Å². The van der Waals surface area contributed by atoms with Crippen molar-refractivity contribution in [1.82, 2.24) is 19.5 Å². The first kappa shape index (κ1) is 37.3. The smallest absolute Gasteiger partial charge is 0.238 e. The molecule has 0 unspecified atom stereocenters. The third kappa shape index (κ3) is 5.93. The number of para-hydroxylation sites is 3. The van der Waals surface area contributed by atoms with Crippen molar-refractivity contribution in [1.29, 1.82) is 0 Å². The van der Waals surface area contributed by atoms with Gasteiger partial charge >= 0.3 is 0 Å². The normalized spacial score (nSPS) is 11.9. The average molecular weight is 857 g/mol. The van der Waals surface area contributed by atoms with Crippen LogP contribution in [0.25, 0.3) is 139 Å². The number of nitrogens with zero attached hydrogens (tertiary/aromatic N) is 4. The topological polar surface area (TPSA) is 69.9 Å². The van der Waals surface area contributed by atoms with Gasteiger partial charge < -0.3 is 8.83 Å². The molecule has 6 heteroatoms. The highest BCUT2D eigenvalue weighted by molar-refractivity contribution is 6.23. The number of benzene rings is 10. The van der Waals surface area contributed by atoms with Crippen LogP contribution in [0.4, 0.5) is 0 Å². The standard InChI is InChI=1S/C61H36N4O2/c1-2-15-38(16-3-1)59-62-60(43-30-32-48-47-22-6-8-27-52(47)67-55(48)36-43)64-61(63-59)65-51-33-31-37-14-4-5-21-44(37)56(51)50-26-12-25-46(58(50)65)42-20-11-18-40(35-42)39-17-10-19-41(34-39)45-24-13-29-54-57(45)49-23-7-9-28-53(49)66-54/h1-36H. The Morgan fingerprint density at radius 2 is 0.881 bits per heavy atom. The van der Waals surface area contributed by atoms with Crippen molar-refractivity contribution in [2.75, 3.05) is 0 Å². The molecule has 10 aromatic carbocycles. The lowest BCUT2D eigenvalue weighted by molar-refractivity contribution is 0.668. The largest absolute Gasteiger partial charge is 0.456 e. The minimum atomic E-state index is 0.529. The van der Waals surface area contributed by atoms with Gasteiger partial charge in [0.1, 0.15) is 22.3 Å². The van der Waals surface area contributed by atoms with Crippen LogP contribution < -0.4 is 0 Å². The quantitative estimate of drug-likeness (QED) is 0.167. The first-order valence-corrected chi connectivity index (χ1v) is 22.5. The molecule has 67 heavy (non-hydrogen) atoms. The van der Waals surface area contributed by atoms with Crippen molar-refractivity contribution in [2.45, 2.75) is 0 Å². The van der Waals surface area contributed by atoms with E-state index in [1.54, 1.807) is 0 Å². The molecule has 0 aliphatic rings. The lowest BCUT2D eigenvalue weighted by Gasteiger charge is -2.14. The van der Waals surface area contributed by atoms with Crippen LogP contribution >= 0.6 is 0 Å². The number of fused-ring (bicyclic) bond motifs is 11. The summed E-state index contributed by atoms with van der Waals surface area (Å²) in [7, 11) is 0. The molecule has 0 fully saturated rings. The summed E-state index contributed by atoms with van der Waals surface area (Å²) in [5.41, 5.74) is 13.8. The molecular weight excluding hydrogens is 821 g/mol. The predicted molar refractivity (Wildman–Crippen MR) is 273 cm³/mol. The number of hydrogen-bond donors (Lipinski definition) is 0. The van der Waals surface area contributed by atoms with Crippen LogP contribution in [0.5, 0.6) is 0 Å². The highest BCUT2D eigenvalue weighted by atomic mass is 16.3. The highest BCUT2D eigenvalue weighted by Gasteiger charge is 2.23. The summed E-state index contributed by atoms with van der Waals surface area (Å²) in [6, 6.07) is 76.4. The second-order valence-electron chi connectivity index (χ2n) is 17.1. The van der Waals surface area contributed by atoms with Gasteiger partial charge in [0.25, 0.3) is 0 Å². The van der Waals surface area contributed by atoms with Gasteiger partial charge in [0, 0.05) is 49.0 Å². The van der Waals surface area contributed by atoms with Gasteiger partial charge in [-0.15, -0.1) is 0 Å². The Balaban J connectivity index is 0.985. The molecule has 0 amide bonds. The third-order valence-electron chi connectivity index (χ3n) is 13.3. The average Bonchev–Trinajstić information content (AvgIpc) is 4.08. The maximum atomic E-state index is 6.37. The lowest BCUT2D eigenvalue weighted by Crippen LogP contribution is -2.07. The predicted octanol–water partition coefficient (Wildman–Crippen LogP) is 16.3. The molecule has 312 valence electrons. The van der Waals surface area contributed by atoms with Crippen LogP contribution in [-0.2, 0) is 0 Å². The van der Waals surface area contributed by atoms with E-state index in [1.165, 1.54) is 10.8 Å². The fourth-order valence-electron chi connectivity index (χ4n) is 10.2. The first-order chi connectivity index (χ1) is 33.2. The summed E-state index contributed by atoms with van der Waals surface area (Å²) in [6.07, 6.45) is 0. The molecule has 0 radical (unpaired) electrons. The fraction of sp³-hybridized carbons (Fsp3) is 0. The van der Waals surface area contributed by atoms with E-state index in [9.17, 15) is 0 Å². The minimum Gasteiger partial charge on any atom is -0.456 e. The fourth-order valence-corrected chi connectivity index (χ4v) is 10.2. The molecule has 0 saturated carbocycles. The van der Waals surface area contributed by atoms with Crippen LogP contribution in [0, 0.1) is 0 Å². The van der Waals surface area contributed by atoms with E-state index in [1.807, 2.05) is 54.6 Å². The number of aromatic nitrogens is 4. The Morgan fingerprint density at radius 1 is 0.313 bits per heavy atom. The number of rotatable bonds is 6. The number of furan rings is 2. The molecule has 0 aliphatic carbocycles. The van der Waals surface area contributed by atoms with Crippen molar-refractivity contribution >= 4 is 76.5 Å². The van der Waals surface area contributed by atoms with Crippen LogP contribution in [0.15, 0.2) is 227 Å². The van der Waals surface area contributed by atoms with Gasteiger partial charge in [-0.2, -0.15) is 9.97 Å². The molecule has 0 saturated heterocycles. The van der Waals surface area contributed by atoms with Gasteiger partial charge in [0.15, 0.2) is 11.6 Å². The molecule has 0 bridgehead atoms. The van der Waals surface area contributed by atoms with E-state index in [0.717, 1.165) is 110 Å². The van der Waals surface area contributed by atoms with Crippen molar-refractivity contribution < 1.29 is 8.83 Å². The maximum Gasteiger partial charge on any atom is 0.238 e. The molecule has 0 aliphatic heterocycles. The van der Waals surface area contributed by atoms with Crippen molar-refractivity contribution in [2.24, 2.45) is 0 Å². The molecule has 0 spiro atoms. The maximum absolute atomic E-state index is 6.37. The molecule has 14 aromatic rings. The van der Waals surface area contributed by atoms with E-state index in [0.29, 0.717) is 17.6 Å². The molecule has 4 heterocycles. The Hall–Kier alpha value is -9.13. The Labute approximate surface area is 383 Å². The van der Waals surface area contributed by atoms with Crippen molar-refractivity contribution in [3.8, 4) is 62.1 Å². The van der Waals surface area contributed by atoms with Crippen LogP contribution in [0.3, 0.4) is 0 Å². The van der Waals surface area contributed by atoms with Gasteiger partial charge in [0.2, 0.25) is 5.95 Å². The summed E-state index contributed by atoms with van der Waals surface area (Å²) in [5.74, 6) is 1.67. The first-order valence-electron chi connectivity index (χ1n) is 22.5. The van der Waals surface area contributed by atoms with Crippen LogP contribution in [-0.4, -0.2) is 19.5 Å². The molecule has 0 N–H and O–H groups in total. The number of hydrogen-bond acceptors (Lipinski definition) is 5. The van der Waals surface area contributed by atoms with E-state index in [2.05, 4.69) is 168 Å². The van der Waals surface area contributed by atoms with E-state index in [-0.39, 0.29) is 0 Å². The van der Waals surface area contributed by atoms with Gasteiger partial charge in [-0.1, -0.05) is 170 Å². The summed E-state index contributed by atoms with van der Waals surface area (Å²) in [5, 5.41) is 8.96. The second-order valence-corrected chi connectivity index (χ2v) is 17.1. The highest BCUT2D eigenvalue weighted by Crippen LogP contribution is 2.43. The minimum absolute atomic E-state index is 0.529. The summed E-state index contributed by atoms with van der Waals surface area (Å²) >= 11 is 0. The lowest BCUT2D eigenvalue weighted by atomic mass is 9.94. The molecular formula is C61H36N4O2. The summed E-state index contributed by atoms with van der Waals surface area (Å²) < 4.78 is 14.9. The SMILES string of the molecule is c1ccc(-c2nc(-c3ccc4c(c3)oc3ccccc34)nc(-n3c4ccc5ccccc5c4c4cccc(-c5cccc(-c6cccc(-c7cccc8oc9ccccc9c78)c6)c5)c43)n2)cc1. The Morgan fingerprint density at radius 3 is 1.70 bits per heavy atom. The van der Waals surface area contributed by atoms with E-state index < -0.39 is 0 Å². The van der Waals surface area contributed by atoms with Gasteiger partial charge in [-0.3, -0.25) is 4.57 Å². The Kier molecular flexibility index (Phi) is 8.18. The summed E-state index contributed by atoms with van der Waals surface area (Å²) in [6.45, 7) is 0. The van der Waals surface area contributed by atoms with Crippen LogP contribution in [0.1, 0.15) is 0 Å². The van der Waals surface area contributed by atoms with Gasteiger partial charge in [-0.05, 0) is 87.1 Å². The third-order valence-corrected chi connectivity index (χ3v) is 13.3. The Bertz CT molecular complexity index is 4290. The molecule has 0 atom stereocenters. The van der Waals surface area contributed by atoms with Gasteiger partial charge in [-0.25, -0.2) is 4.98 Å². The van der Waals surface area contributed by atoms with Crippen LogP contribution in [0.2, 0.25) is 0 Å². The van der Waals surface area contributed by atoms with E-state index in [4.69, 9.17) is 23.8 Å². The molecule has 4 aromatic heterocycles. The zero-order valence-corrected chi connectivity index (χ0v) is 35.9. The molecule has 6 nitrogen and oxygen atoms in total. The van der Waals surface area contributed by atoms with E-state index >= 15 is 0 Å². The molecule has 14 rings (SSSR count).